The summed E-state index contributed by atoms with van der Waals surface area (Å²) in [6.45, 7) is 14.8. The molecule has 2 rings (SSSR count). The van der Waals surface area contributed by atoms with Gasteiger partial charge in [-0.15, -0.1) is 0 Å². The van der Waals surface area contributed by atoms with E-state index in [9.17, 15) is 0 Å². The van der Waals surface area contributed by atoms with Gasteiger partial charge in [0.05, 0.1) is 0 Å². The largest absolute Gasteiger partial charge is 0.308 e. The number of nitrogens with one attached hydrogen (secondary N) is 1. The van der Waals surface area contributed by atoms with Gasteiger partial charge >= 0.3 is 0 Å². The Morgan fingerprint density at radius 1 is 1.10 bits per heavy atom. The van der Waals surface area contributed by atoms with Crippen LogP contribution in [0.1, 0.15) is 51.7 Å². The van der Waals surface area contributed by atoms with Gasteiger partial charge in [-0.25, -0.2) is 0 Å². The molecule has 2 heteroatoms. The van der Waals surface area contributed by atoms with Crippen LogP contribution in [-0.4, -0.2) is 29.1 Å². The minimum absolute atomic E-state index is 0.249. The molecule has 0 spiro atoms. The van der Waals surface area contributed by atoms with Crippen molar-refractivity contribution in [3.05, 3.63) is 35.4 Å². The third kappa shape index (κ3) is 3.24. The fourth-order valence-corrected chi connectivity index (χ4v) is 2.93. The van der Waals surface area contributed by atoms with E-state index in [1.54, 1.807) is 0 Å². The summed E-state index contributed by atoms with van der Waals surface area (Å²) in [5, 5.41) is 3.77. The third-order valence-corrected chi connectivity index (χ3v) is 5.24. The summed E-state index contributed by atoms with van der Waals surface area (Å²) in [7, 11) is 0. The van der Waals surface area contributed by atoms with E-state index < -0.39 is 0 Å². The molecule has 0 aromatic heterocycles. The summed E-state index contributed by atoms with van der Waals surface area (Å²) in [5.41, 5.74) is 3.28. The highest BCUT2D eigenvalue weighted by Gasteiger charge is 2.40. The monoisotopic (exact) mass is 274 g/mol. The first kappa shape index (κ1) is 15.5. The lowest BCUT2D eigenvalue weighted by Crippen LogP contribution is -2.67. The average Bonchev–Trinajstić information content (AvgIpc) is 2.46. The Hall–Kier alpha value is -0.860. The van der Waals surface area contributed by atoms with E-state index in [1.807, 2.05) is 0 Å². The Kier molecular flexibility index (Phi) is 4.55. The van der Waals surface area contributed by atoms with Crippen molar-refractivity contribution in [3.8, 4) is 0 Å². The first-order valence-electron chi connectivity index (χ1n) is 7.96. The second-order valence-electron chi connectivity index (χ2n) is 6.96. The molecule has 0 bridgehead atoms. The summed E-state index contributed by atoms with van der Waals surface area (Å²) in [6.07, 6.45) is 2.36. The van der Waals surface area contributed by atoms with Crippen LogP contribution in [0.2, 0.25) is 0 Å². The van der Waals surface area contributed by atoms with Crippen LogP contribution in [0.3, 0.4) is 0 Å². The summed E-state index contributed by atoms with van der Waals surface area (Å²) in [5.74, 6) is 0. The molecule has 1 N–H and O–H groups in total. The minimum Gasteiger partial charge on any atom is -0.308 e. The van der Waals surface area contributed by atoms with Crippen molar-refractivity contribution in [2.45, 2.75) is 65.1 Å². The molecule has 20 heavy (non-hydrogen) atoms. The first-order chi connectivity index (χ1) is 9.41. The highest BCUT2D eigenvalue weighted by molar-refractivity contribution is 5.21. The van der Waals surface area contributed by atoms with Crippen LogP contribution >= 0.6 is 0 Å². The Morgan fingerprint density at radius 2 is 1.75 bits per heavy atom. The van der Waals surface area contributed by atoms with Gasteiger partial charge in [-0.1, -0.05) is 43.7 Å². The number of benzene rings is 1. The Morgan fingerprint density at radius 3 is 2.30 bits per heavy atom. The molecule has 1 aromatic rings. The average molecular weight is 274 g/mol. The van der Waals surface area contributed by atoms with E-state index in [-0.39, 0.29) is 11.1 Å². The molecule has 1 aliphatic rings. The summed E-state index contributed by atoms with van der Waals surface area (Å²) < 4.78 is 0. The highest BCUT2D eigenvalue weighted by Crippen LogP contribution is 2.29. The molecule has 0 aliphatic carbocycles. The van der Waals surface area contributed by atoms with Crippen LogP contribution in [-0.2, 0) is 6.54 Å². The first-order valence-corrected chi connectivity index (χ1v) is 7.96. The van der Waals surface area contributed by atoms with Gasteiger partial charge in [0, 0.05) is 30.7 Å². The van der Waals surface area contributed by atoms with Crippen molar-refractivity contribution in [2.75, 3.05) is 13.1 Å². The normalized spacial score (nSPS) is 31.4. The Balaban J connectivity index is 2.17. The Bertz CT molecular complexity index is 439. The lowest BCUT2D eigenvalue weighted by molar-refractivity contribution is 0.0104. The van der Waals surface area contributed by atoms with Crippen LogP contribution in [0, 0.1) is 6.92 Å². The second-order valence-corrected chi connectivity index (χ2v) is 6.96. The van der Waals surface area contributed by atoms with Crippen molar-refractivity contribution in [1.82, 2.24) is 10.2 Å². The molecule has 1 aromatic carbocycles. The maximum absolute atomic E-state index is 3.77. The number of hydrogen-bond donors (Lipinski definition) is 1. The molecule has 1 fully saturated rings. The smallest absolute Gasteiger partial charge is 0.0307 e. The van der Waals surface area contributed by atoms with Crippen molar-refractivity contribution in [3.63, 3.8) is 0 Å². The number of nitrogens with zero attached hydrogens (tertiary/aromatic N) is 1. The van der Waals surface area contributed by atoms with E-state index in [4.69, 9.17) is 0 Å². The van der Waals surface area contributed by atoms with Gasteiger partial charge in [0.2, 0.25) is 0 Å². The molecule has 1 heterocycles. The third-order valence-electron chi connectivity index (χ3n) is 5.24. The lowest BCUT2D eigenvalue weighted by atomic mass is 9.85. The Labute approximate surface area is 124 Å². The van der Waals surface area contributed by atoms with Crippen molar-refractivity contribution in [2.24, 2.45) is 0 Å². The molecular weight excluding hydrogens is 244 g/mol. The fraction of sp³-hybridized carbons (Fsp3) is 0.667. The van der Waals surface area contributed by atoms with Crippen LogP contribution in [0.5, 0.6) is 0 Å². The quantitative estimate of drug-likeness (QED) is 0.900. The zero-order valence-electron chi connectivity index (χ0n) is 13.8. The topological polar surface area (TPSA) is 15.3 Å². The van der Waals surface area contributed by atoms with Crippen molar-refractivity contribution >= 4 is 0 Å². The van der Waals surface area contributed by atoms with Crippen LogP contribution < -0.4 is 5.32 Å². The molecule has 2 nitrogen and oxygen atoms in total. The van der Waals surface area contributed by atoms with Gasteiger partial charge in [0.25, 0.3) is 0 Å². The molecule has 2 unspecified atom stereocenters. The van der Waals surface area contributed by atoms with E-state index in [0.717, 1.165) is 19.6 Å². The number of aryl methyl sites for hydroxylation is 1. The van der Waals surface area contributed by atoms with Gasteiger partial charge in [-0.05, 0) is 39.2 Å². The molecule has 1 aliphatic heterocycles. The zero-order chi connectivity index (χ0) is 14.8. The fourth-order valence-electron chi connectivity index (χ4n) is 2.93. The van der Waals surface area contributed by atoms with E-state index in [2.05, 4.69) is 69.1 Å². The van der Waals surface area contributed by atoms with Crippen LogP contribution in [0.25, 0.3) is 0 Å². The predicted octanol–water partition coefficient (Wildman–Crippen LogP) is 3.74. The summed E-state index contributed by atoms with van der Waals surface area (Å²) in [6, 6.07) is 8.99. The second kappa shape index (κ2) is 5.87. The van der Waals surface area contributed by atoms with Gasteiger partial charge in [0.15, 0.2) is 0 Å². The highest BCUT2D eigenvalue weighted by atomic mass is 15.3. The molecule has 2 atom stereocenters. The van der Waals surface area contributed by atoms with E-state index in [1.165, 1.54) is 24.0 Å². The molecule has 0 amide bonds. The number of rotatable bonds is 4. The van der Waals surface area contributed by atoms with Gasteiger partial charge in [0.1, 0.15) is 0 Å². The van der Waals surface area contributed by atoms with Crippen molar-refractivity contribution < 1.29 is 0 Å². The molecule has 112 valence electrons. The summed E-state index contributed by atoms with van der Waals surface area (Å²) in [4.78, 5) is 2.68. The van der Waals surface area contributed by atoms with Gasteiger partial charge in [-0.2, -0.15) is 0 Å². The van der Waals surface area contributed by atoms with Crippen LogP contribution in [0.4, 0.5) is 0 Å². The van der Waals surface area contributed by atoms with E-state index >= 15 is 0 Å². The molecular formula is C18H30N2. The van der Waals surface area contributed by atoms with Crippen LogP contribution in [0.15, 0.2) is 24.3 Å². The zero-order valence-corrected chi connectivity index (χ0v) is 13.8. The summed E-state index contributed by atoms with van der Waals surface area (Å²) >= 11 is 0. The maximum Gasteiger partial charge on any atom is 0.0307 e. The van der Waals surface area contributed by atoms with Crippen molar-refractivity contribution in [1.29, 1.82) is 0 Å². The minimum atomic E-state index is 0.249. The molecule has 0 radical (unpaired) electrons. The molecule has 0 saturated carbocycles. The standard InChI is InChI=1S/C18H30N2/c1-6-17(4)14-20(18(5,7-2)13-19-17)12-16-10-8-15(3)9-11-16/h8-11,19H,6-7,12-14H2,1-5H3. The van der Waals surface area contributed by atoms with Gasteiger partial charge < -0.3 is 5.32 Å². The number of hydrogen-bond acceptors (Lipinski definition) is 2. The SMILES string of the molecule is CCC1(C)CN(Cc2ccc(C)cc2)C(C)(CC)CN1. The molecule has 1 saturated heterocycles. The number of piperazine rings is 1. The predicted molar refractivity (Wildman–Crippen MR) is 87.0 cm³/mol. The maximum atomic E-state index is 3.77. The van der Waals surface area contributed by atoms with E-state index in [0.29, 0.717) is 0 Å². The van der Waals surface area contributed by atoms with Gasteiger partial charge in [-0.3, -0.25) is 4.90 Å². The lowest BCUT2D eigenvalue weighted by Gasteiger charge is -2.52.